The molecule has 0 N–H and O–H groups in total. The van der Waals surface area contributed by atoms with E-state index in [1.54, 1.807) is 11.1 Å². The van der Waals surface area contributed by atoms with Crippen molar-refractivity contribution in [1.29, 1.82) is 0 Å². The molecule has 1 heteroatoms. The molecule has 0 bridgehead atoms. The van der Waals surface area contributed by atoms with Gasteiger partial charge in [0.25, 0.3) is 0 Å². The fourth-order valence-corrected chi connectivity index (χ4v) is 3.86. The Bertz CT molecular complexity index is 397. The first-order valence-electron chi connectivity index (χ1n) is 8.57. The Morgan fingerprint density at radius 2 is 1.55 bits per heavy atom. The van der Waals surface area contributed by atoms with Crippen LogP contribution in [0.1, 0.15) is 75.8 Å². The van der Waals surface area contributed by atoms with Crippen molar-refractivity contribution in [3.8, 4) is 0 Å². The first-order chi connectivity index (χ1) is 9.79. The Morgan fingerprint density at radius 3 is 2.30 bits per heavy atom. The van der Waals surface area contributed by atoms with Gasteiger partial charge in [0.15, 0.2) is 0 Å². The minimum atomic E-state index is 0.916. The fourth-order valence-electron chi connectivity index (χ4n) is 3.45. The van der Waals surface area contributed by atoms with Crippen LogP contribution in [0, 0.1) is 5.92 Å². The van der Waals surface area contributed by atoms with E-state index in [0.29, 0.717) is 0 Å². The largest absolute Gasteiger partial charge is 0.0654 e. The monoisotopic (exact) mass is 336 g/mol. The summed E-state index contributed by atoms with van der Waals surface area (Å²) in [5.74, 6) is 0.916. The fraction of sp³-hybridized carbons (Fsp3) is 0.684. The van der Waals surface area contributed by atoms with Crippen molar-refractivity contribution in [2.24, 2.45) is 5.92 Å². The number of hydrogen-bond acceptors (Lipinski definition) is 0. The SMILES string of the molecule is CCCCCCCCCCC1Cc2ccc(Br)cc2C1. The molecule has 1 aliphatic rings. The molecule has 1 unspecified atom stereocenters. The lowest BCUT2D eigenvalue weighted by Gasteiger charge is -2.08. The highest BCUT2D eigenvalue weighted by molar-refractivity contribution is 9.10. The van der Waals surface area contributed by atoms with Crippen LogP contribution in [-0.4, -0.2) is 0 Å². The van der Waals surface area contributed by atoms with E-state index < -0.39 is 0 Å². The average molecular weight is 337 g/mol. The number of hydrogen-bond donors (Lipinski definition) is 0. The van der Waals surface area contributed by atoms with E-state index in [1.165, 1.54) is 75.1 Å². The molecule has 0 radical (unpaired) electrons. The summed E-state index contributed by atoms with van der Waals surface area (Å²) in [5.41, 5.74) is 3.18. The van der Waals surface area contributed by atoms with Crippen LogP contribution in [0.15, 0.2) is 22.7 Å². The van der Waals surface area contributed by atoms with Crippen molar-refractivity contribution in [2.45, 2.75) is 77.6 Å². The van der Waals surface area contributed by atoms with Gasteiger partial charge in [-0.1, -0.05) is 80.3 Å². The predicted molar refractivity (Wildman–Crippen MR) is 92.3 cm³/mol. The van der Waals surface area contributed by atoms with Gasteiger partial charge in [0.05, 0.1) is 0 Å². The van der Waals surface area contributed by atoms with Crippen LogP contribution < -0.4 is 0 Å². The molecule has 0 aromatic heterocycles. The third-order valence-electron chi connectivity index (χ3n) is 4.65. The number of unbranched alkanes of at least 4 members (excludes halogenated alkanes) is 7. The molecule has 0 saturated carbocycles. The van der Waals surface area contributed by atoms with E-state index >= 15 is 0 Å². The summed E-state index contributed by atoms with van der Waals surface area (Å²) in [6.45, 7) is 2.29. The van der Waals surface area contributed by atoms with E-state index in [0.717, 1.165) is 5.92 Å². The summed E-state index contributed by atoms with van der Waals surface area (Å²) in [5, 5.41) is 0. The number of rotatable bonds is 9. The van der Waals surface area contributed by atoms with Gasteiger partial charge in [-0.15, -0.1) is 0 Å². The van der Waals surface area contributed by atoms with Gasteiger partial charge in [-0.25, -0.2) is 0 Å². The molecule has 0 nitrogen and oxygen atoms in total. The van der Waals surface area contributed by atoms with Gasteiger partial charge in [-0.2, -0.15) is 0 Å². The maximum atomic E-state index is 3.58. The molecule has 0 fully saturated rings. The van der Waals surface area contributed by atoms with Gasteiger partial charge in [0.1, 0.15) is 0 Å². The van der Waals surface area contributed by atoms with Crippen molar-refractivity contribution in [1.82, 2.24) is 0 Å². The molecule has 0 heterocycles. The van der Waals surface area contributed by atoms with Gasteiger partial charge in [-0.3, -0.25) is 0 Å². The molecule has 112 valence electrons. The summed E-state index contributed by atoms with van der Waals surface area (Å²) >= 11 is 3.58. The smallest absolute Gasteiger partial charge is 0.0178 e. The minimum absolute atomic E-state index is 0.916. The quantitative estimate of drug-likeness (QED) is 0.440. The second-order valence-corrected chi connectivity index (χ2v) is 7.37. The summed E-state index contributed by atoms with van der Waals surface area (Å²) in [6.07, 6.45) is 15.5. The van der Waals surface area contributed by atoms with Gasteiger partial charge in [0, 0.05) is 4.47 Å². The van der Waals surface area contributed by atoms with E-state index in [1.807, 2.05) is 0 Å². The maximum Gasteiger partial charge on any atom is 0.0178 e. The lowest BCUT2D eigenvalue weighted by atomic mass is 9.97. The molecule has 1 aliphatic carbocycles. The van der Waals surface area contributed by atoms with E-state index in [4.69, 9.17) is 0 Å². The molecule has 0 spiro atoms. The number of benzene rings is 1. The first kappa shape index (κ1) is 16.1. The predicted octanol–water partition coefficient (Wildman–Crippen LogP) is 6.69. The van der Waals surface area contributed by atoms with E-state index in [9.17, 15) is 0 Å². The number of fused-ring (bicyclic) bond motifs is 1. The zero-order valence-corrected chi connectivity index (χ0v) is 14.6. The van der Waals surface area contributed by atoms with Crippen molar-refractivity contribution in [3.05, 3.63) is 33.8 Å². The molecule has 2 rings (SSSR count). The highest BCUT2D eigenvalue weighted by atomic mass is 79.9. The van der Waals surface area contributed by atoms with Gasteiger partial charge in [-0.05, 0) is 48.4 Å². The zero-order valence-electron chi connectivity index (χ0n) is 13.0. The van der Waals surface area contributed by atoms with Crippen LogP contribution in [0.25, 0.3) is 0 Å². The molecular weight excluding hydrogens is 308 g/mol. The van der Waals surface area contributed by atoms with Crippen LogP contribution in [0.3, 0.4) is 0 Å². The van der Waals surface area contributed by atoms with Crippen LogP contribution in [0.4, 0.5) is 0 Å². The Labute approximate surface area is 133 Å². The van der Waals surface area contributed by atoms with Crippen LogP contribution >= 0.6 is 15.9 Å². The topological polar surface area (TPSA) is 0 Å². The van der Waals surface area contributed by atoms with Crippen molar-refractivity contribution in [2.75, 3.05) is 0 Å². The molecule has 1 aromatic rings. The second kappa shape index (κ2) is 8.87. The average Bonchev–Trinajstić information content (AvgIpc) is 2.83. The van der Waals surface area contributed by atoms with Crippen LogP contribution in [0.5, 0.6) is 0 Å². The van der Waals surface area contributed by atoms with Gasteiger partial charge < -0.3 is 0 Å². The normalized spacial score (nSPS) is 17.4. The molecule has 1 aromatic carbocycles. The van der Waals surface area contributed by atoms with Crippen molar-refractivity contribution >= 4 is 15.9 Å². The molecule has 0 amide bonds. The summed E-state index contributed by atoms with van der Waals surface area (Å²) in [4.78, 5) is 0. The van der Waals surface area contributed by atoms with E-state index in [2.05, 4.69) is 41.1 Å². The Hall–Kier alpha value is -0.300. The summed E-state index contributed by atoms with van der Waals surface area (Å²) in [6, 6.07) is 6.83. The van der Waals surface area contributed by atoms with Crippen LogP contribution in [-0.2, 0) is 12.8 Å². The van der Waals surface area contributed by atoms with Crippen molar-refractivity contribution in [3.63, 3.8) is 0 Å². The molecule has 1 atom stereocenters. The highest BCUT2D eigenvalue weighted by Gasteiger charge is 2.20. The van der Waals surface area contributed by atoms with Gasteiger partial charge >= 0.3 is 0 Å². The molecule has 0 saturated heterocycles. The summed E-state index contributed by atoms with van der Waals surface area (Å²) < 4.78 is 1.24. The number of halogens is 1. The molecular formula is C19H29Br. The minimum Gasteiger partial charge on any atom is -0.0654 e. The van der Waals surface area contributed by atoms with Crippen molar-refractivity contribution < 1.29 is 0 Å². The molecule has 0 aliphatic heterocycles. The lowest BCUT2D eigenvalue weighted by molar-refractivity contribution is 0.467. The van der Waals surface area contributed by atoms with E-state index in [-0.39, 0.29) is 0 Å². The Morgan fingerprint density at radius 1 is 0.900 bits per heavy atom. The lowest BCUT2D eigenvalue weighted by Crippen LogP contribution is -1.99. The standard InChI is InChI=1S/C19H29Br/c1-2-3-4-5-6-7-8-9-10-16-13-17-11-12-19(20)15-18(17)14-16/h11-12,15-16H,2-10,13-14H2,1H3. The zero-order chi connectivity index (χ0) is 14.2. The third kappa shape index (κ3) is 5.24. The third-order valence-corrected chi connectivity index (χ3v) is 5.14. The highest BCUT2D eigenvalue weighted by Crippen LogP contribution is 2.32. The summed E-state index contributed by atoms with van der Waals surface area (Å²) in [7, 11) is 0. The first-order valence-corrected chi connectivity index (χ1v) is 9.36. The van der Waals surface area contributed by atoms with Gasteiger partial charge in [0.2, 0.25) is 0 Å². The Balaban J connectivity index is 1.54. The van der Waals surface area contributed by atoms with Crippen LogP contribution in [0.2, 0.25) is 0 Å². The second-order valence-electron chi connectivity index (χ2n) is 6.45. The molecule has 20 heavy (non-hydrogen) atoms. The Kier molecular flexibility index (Phi) is 7.13. The maximum absolute atomic E-state index is 3.58.